The molecule has 4 N–H and O–H groups in total. The van der Waals surface area contributed by atoms with Crippen LogP contribution in [0.15, 0.2) is 12.1 Å². The summed E-state index contributed by atoms with van der Waals surface area (Å²) in [6.07, 6.45) is 3.24. The highest BCUT2D eigenvalue weighted by atomic mass is 16.1. The van der Waals surface area contributed by atoms with Crippen molar-refractivity contribution in [3.63, 3.8) is 0 Å². The average Bonchev–Trinajstić information content (AvgIpc) is 2.44. The first kappa shape index (κ1) is 16.4. The van der Waals surface area contributed by atoms with Crippen molar-refractivity contribution in [3.05, 3.63) is 23.4 Å². The maximum absolute atomic E-state index is 12.3. The van der Waals surface area contributed by atoms with E-state index in [1.165, 1.54) is 0 Å². The number of carbonyl (C=O) groups is 1. The summed E-state index contributed by atoms with van der Waals surface area (Å²) in [5.74, 6) is 6.10. The lowest BCUT2D eigenvalue weighted by Gasteiger charge is -2.15. The van der Waals surface area contributed by atoms with Crippen LogP contribution in [0.1, 0.15) is 68.9 Å². The Bertz CT molecular complexity index is 445. The summed E-state index contributed by atoms with van der Waals surface area (Å²) >= 11 is 0. The molecule has 5 heteroatoms. The normalized spacial score (nSPS) is 12.3. The lowest BCUT2D eigenvalue weighted by molar-refractivity contribution is 0.0938. The average molecular weight is 278 g/mol. The molecule has 1 aromatic rings. The van der Waals surface area contributed by atoms with Crippen LogP contribution in [0.4, 0.5) is 5.82 Å². The Morgan fingerprint density at radius 2 is 2.05 bits per heavy atom. The Hall–Kier alpha value is -1.62. The van der Waals surface area contributed by atoms with E-state index in [4.69, 9.17) is 5.84 Å². The molecule has 0 aliphatic rings. The number of carbonyl (C=O) groups excluding carboxylic acids is 1. The second-order valence-corrected chi connectivity index (χ2v) is 5.48. The van der Waals surface area contributed by atoms with Crippen molar-refractivity contribution in [2.45, 2.75) is 58.9 Å². The van der Waals surface area contributed by atoms with E-state index in [9.17, 15) is 4.79 Å². The van der Waals surface area contributed by atoms with Gasteiger partial charge in [-0.2, -0.15) is 0 Å². The van der Waals surface area contributed by atoms with E-state index < -0.39 is 0 Å². The van der Waals surface area contributed by atoms with Gasteiger partial charge in [0.25, 0.3) is 5.91 Å². The van der Waals surface area contributed by atoms with Gasteiger partial charge >= 0.3 is 0 Å². The predicted molar refractivity (Wildman–Crippen MR) is 82.6 cm³/mol. The molecule has 0 fully saturated rings. The van der Waals surface area contributed by atoms with Crippen molar-refractivity contribution < 1.29 is 4.79 Å². The van der Waals surface area contributed by atoms with Gasteiger partial charge in [0.15, 0.2) is 0 Å². The molecule has 0 bridgehead atoms. The zero-order chi connectivity index (χ0) is 15.1. The highest BCUT2D eigenvalue weighted by molar-refractivity contribution is 5.95. The van der Waals surface area contributed by atoms with Gasteiger partial charge < -0.3 is 10.7 Å². The first-order valence-electron chi connectivity index (χ1n) is 7.27. The molecule has 0 radical (unpaired) electrons. The standard InChI is InChI=1S/C15H26N4O/c1-5-6-7-11(4)17-15(20)12-8-13(10(2)3)18-14(9-12)19-16/h8-11H,5-7,16H2,1-4H3,(H,17,20)(H,18,19). The zero-order valence-electron chi connectivity index (χ0n) is 12.9. The van der Waals surface area contributed by atoms with E-state index in [-0.39, 0.29) is 17.9 Å². The highest BCUT2D eigenvalue weighted by Crippen LogP contribution is 2.17. The summed E-state index contributed by atoms with van der Waals surface area (Å²) in [6.45, 7) is 8.24. The van der Waals surface area contributed by atoms with Gasteiger partial charge in [0.2, 0.25) is 0 Å². The van der Waals surface area contributed by atoms with E-state index in [0.29, 0.717) is 11.4 Å². The van der Waals surface area contributed by atoms with Gasteiger partial charge in [-0.25, -0.2) is 10.8 Å². The fraction of sp³-hybridized carbons (Fsp3) is 0.600. The Balaban J connectivity index is 2.83. The van der Waals surface area contributed by atoms with Crippen LogP contribution in [0.25, 0.3) is 0 Å². The molecule has 5 nitrogen and oxygen atoms in total. The Morgan fingerprint density at radius 1 is 1.35 bits per heavy atom. The Morgan fingerprint density at radius 3 is 2.60 bits per heavy atom. The number of unbranched alkanes of at least 4 members (excludes halogenated alkanes) is 1. The van der Waals surface area contributed by atoms with Crippen molar-refractivity contribution in [2.24, 2.45) is 5.84 Å². The van der Waals surface area contributed by atoms with E-state index in [1.54, 1.807) is 6.07 Å². The number of hydrogen-bond donors (Lipinski definition) is 3. The molecular weight excluding hydrogens is 252 g/mol. The van der Waals surface area contributed by atoms with Gasteiger partial charge in [-0.3, -0.25) is 4.79 Å². The number of hydrazine groups is 1. The molecule has 0 saturated heterocycles. The topological polar surface area (TPSA) is 80.0 Å². The van der Waals surface area contributed by atoms with E-state index in [1.807, 2.05) is 26.8 Å². The second kappa shape index (κ2) is 7.85. The van der Waals surface area contributed by atoms with Gasteiger partial charge in [0.1, 0.15) is 5.82 Å². The minimum atomic E-state index is -0.0746. The van der Waals surface area contributed by atoms with Gasteiger partial charge in [-0.05, 0) is 31.4 Å². The maximum Gasteiger partial charge on any atom is 0.251 e. The first-order valence-corrected chi connectivity index (χ1v) is 7.27. The van der Waals surface area contributed by atoms with E-state index in [0.717, 1.165) is 25.0 Å². The molecule has 1 atom stereocenters. The van der Waals surface area contributed by atoms with Gasteiger partial charge in [-0.1, -0.05) is 33.6 Å². The lowest BCUT2D eigenvalue weighted by Crippen LogP contribution is -2.32. The molecule has 0 spiro atoms. The van der Waals surface area contributed by atoms with Crippen LogP contribution in [0, 0.1) is 0 Å². The van der Waals surface area contributed by atoms with Crippen LogP contribution < -0.4 is 16.6 Å². The minimum absolute atomic E-state index is 0.0746. The van der Waals surface area contributed by atoms with Crippen LogP contribution in [0.2, 0.25) is 0 Å². The lowest BCUT2D eigenvalue weighted by atomic mass is 10.1. The van der Waals surface area contributed by atoms with Gasteiger partial charge in [0.05, 0.1) is 0 Å². The molecule has 1 amide bonds. The quantitative estimate of drug-likeness (QED) is 0.529. The third-order valence-corrected chi connectivity index (χ3v) is 3.21. The van der Waals surface area contributed by atoms with Crippen LogP contribution in [0.3, 0.4) is 0 Å². The summed E-state index contributed by atoms with van der Waals surface area (Å²) < 4.78 is 0. The molecule has 0 aliphatic carbocycles. The molecule has 112 valence electrons. The summed E-state index contributed by atoms with van der Waals surface area (Å²) in [7, 11) is 0. The molecule has 1 unspecified atom stereocenters. The fourth-order valence-electron chi connectivity index (χ4n) is 1.94. The number of nitrogens with zero attached hydrogens (tertiary/aromatic N) is 1. The largest absolute Gasteiger partial charge is 0.350 e. The molecule has 20 heavy (non-hydrogen) atoms. The third-order valence-electron chi connectivity index (χ3n) is 3.21. The number of aromatic nitrogens is 1. The maximum atomic E-state index is 12.3. The molecule has 0 aromatic carbocycles. The molecular formula is C15H26N4O. The monoisotopic (exact) mass is 278 g/mol. The Kier molecular flexibility index (Phi) is 6.45. The highest BCUT2D eigenvalue weighted by Gasteiger charge is 2.13. The van der Waals surface area contributed by atoms with E-state index >= 15 is 0 Å². The number of anilines is 1. The molecule has 1 aromatic heterocycles. The fourth-order valence-corrected chi connectivity index (χ4v) is 1.94. The first-order chi connectivity index (χ1) is 9.47. The van der Waals surface area contributed by atoms with Crippen molar-refractivity contribution in [1.82, 2.24) is 10.3 Å². The molecule has 1 rings (SSSR count). The van der Waals surface area contributed by atoms with Gasteiger partial charge in [0, 0.05) is 17.3 Å². The van der Waals surface area contributed by atoms with Crippen molar-refractivity contribution in [2.75, 3.05) is 5.43 Å². The van der Waals surface area contributed by atoms with Crippen molar-refractivity contribution in [1.29, 1.82) is 0 Å². The van der Waals surface area contributed by atoms with E-state index in [2.05, 4.69) is 22.7 Å². The van der Waals surface area contributed by atoms with Crippen LogP contribution >= 0.6 is 0 Å². The number of rotatable bonds is 7. The summed E-state index contributed by atoms with van der Waals surface area (Å²) in [6, 6.07) is 3.67. The number of hydrogen-bond acceptors (Lipinski definition) is 4. The van der Waals surface area contributed by atoms with Crippen LogP contribution in [0.5, 0.6) is 0 Å². The zero-order valence-corrected chi connectivity index (χ0v) is 12.9. The number of amides is 1. The summed E-state index contributed by atoms with van der Waals surface area (Å²) in [5, 5.41) is 3.01. The summed E-state index contributed by atoms with van der Waals surface area (Å²) in [4.78, 5) is 16.6. The molecule has 1 heterocycles. The summed E-state index contributed by atoms with van der Waals surface area (Å²) in [5.41, 5.74) is 3.96. The number of nitrogen functional groups attached to an aromatic ring is 1. The smallest absolute Gasteiger partial charge is 0.251 e. The number of nitrogens with one attached hydrogen (secondary N) is 2. The van der Waals surface area contributed by atoms with Crippen molar-refractivity contribution >= 4 is 11.7 Å². The Labute approximate surface area is 121 Å². The number of pyridine rings is 1. The second-order valence-electron chi connectivity index (χ2n) is 5.48. The molecule has 0 aliphatic heterocycles. The SMILES string of the molecule is CCCCC(C)NC(=O)c1cc(NN)nc(C(C)C)c1. The number of nitrogens with two attached hydrogens (primary N) is 1. The minimum Gasteiger partial charge on any atom is -0.350 e. The van der Waals surface area contributed by atoms with Crippen molar-refractivity contribution in [3.8, 4) is 0 Å². The van der Waals surface area contributed by atoms with Crippen LogP contribution in [-0.4, -0.2) is 16.9 Å². The van der Waals surface area contributed by atoms with Gasteiger partial charge in [-0.15, -0.1) is 0 Å². The predicted octanol–water partition coefficient (Wildman–Crippen LogP) is 2.80. The molecule has 0 saturated carbocycles. The van der Waals surface area contributed by atoms with Crippen LogP contribution in [-0.2, 0) is 0 Å². The third kappa shape index (κ3) is 4.81.